The molecule has 0 spiro atoms. The second kappa shape index (κ2) is 11.9. The van der Waals surface area contributed by atoms with Crippen LogP contribution < -0.4 is 18.9 Å². The van der Waals surface area contributed by atoms with Crippen LogP contribution in [0.1, 0.15) is 17.5 Å². The lowest BCUT2D eigenvalue weighted by molar-refractivity contribution is -0.118. The van der Waals surface area contributed by atoms with Gasteiger partial charge in [-0.25, -0.2) is 0 Å². The van der Waals surface area contributed by atoms with Crippen LogP contribution in [0, 0.1) is 0 Å². The Morgan fingerprint density at radius 3 is 1.79 bits per heavy atom. The van der Waals surface area contributed by atoms with Gasteiger partial charge in [-0.2, -0.15) is 0 Å². The number of ketones is 1. The first kappa shape index (κ1) is 22.5. The van der Waals surface area contributed by atoms with E-state index in [9.17, 15) is 4.79 Å². The first-order valence-electron chi connectivity index (χ1n) is 9.21. The molecule has 0 atom stereocenters. The first-order chi connectivity index (χ1) is 14.1. The summed E-state index contributed by atoms with van der Waals surface area (Å²) in [5.41, 5.74) is 1.64. The van der Waals surface area contributed by atoms with Crippen LogP contribution >= 0.6 is 0 Å². The van der Waals surface area contributed by atoms with Crippen LogP contribution in [0.4, 0.5) is 0 Å². The minimum atomic E-state index is 0.0704. The number of benzene rings is 2. The van der Waals surface area contributed by atoms with E-state index in [1.54, 1.807) is 27.4 Å². The molecule has 29 heavy (non-hydrogen) atoms. The van der Waals surface area contributed by atoms with Crippen molar-refractivity contribution in [3.8, 4) is 23.0 Å². The van der Waals surface area contributed by atoms with Gasteiger partial charge >= 0.3 is 0 Å². The molecule has 0 aliphatic rings. The molecular weight excluding hydrogens is 376 g/mol. The van der Waals surface area contributed by atoms with Crippen LogP contribution in [0.3, 0.4) is 0 Å². The number of methoxy groups -OCH3 is 4. The number of Topliss-reactive ketones (excluding diaryl/α,β-unsaturated/α-hetero) is 1. The average Bonchev–Trinajstić information content (AvgIpc) is 2.75. The number of para-hydroxylation sites is 2. The third-order valence-corrected chi connectivity index (χ3v) is 4.26. The van der Waals surface area contributed by atoms with Crippen molar-refractivity contribution in [3.63, 3.8) is 0 Å². The molecule has 0 amide bonds. The Labute approximate surface area is 171 Å². The highest BCUT2D eigenvalue weighted by Gasteiger charge is 2.16. The summed E-state index contributed by atoms with van der Waals surface area (Å²) < 4.78 is 31.9. The van der Waals surface area contributed by atoms with Crippen molar-refractivity contribution >= 4 is 5.78 Å². The Bertz CT molecular complexity index is 789. The van der Waals surface area contributed by atoms with Crippen molar-refractivity contribution in [2.24, 2.45) is 0 Å². The largest absolute Gasteiger partial charge is 0.493 e. The van der Waals surface area contributed by atoms with Gasteiger partial charge < -0.3 is 28.4 Å². The summed E-state index contributed by atoms with van der Waals surface area (Å²) in [6, 6.07) is 11.1. The number of rotatable bonds is 13. The van der Waals surface area contributed by atoms with E-state index in [0.29, 0.717) is 35.8 Å². The van der Waals surface area contributed by atoms with E-state index in [2.05, 4.69) is 0 Å². The van der Waals surface area contributed by atoms with E-state index in [1.807, 2.05) is 30.3 Å². The van der Waals surface area contributed by atoms with Crippen LogP contribution in [-0.4, -0.2) is 47.8 Å². The van der Waals surface area contributed by atoms with Crippen molar-refractivity contribution in [2.75, 3.05) is 42.0 Å². The lowest BCUT2D eigenvalue weighted by atomic mass is 10.0. The predicted octanol–water partition coefficient (Wildman–Crippen LogP) is 3.41. The summed E-state index contributed by atoms with van der Waals surface area (Å²) in [4.78, 5) is 12.7. The molecular formula is C22H28O7. The molecule has 2 aromatic rings. The smallest absolute Gasteiger partial charge is 0.188 e. The van der Waals surface area contributed by atoms with Gasteiger partial charge in [0.2, 0.25) is 0 Å². The average molecular weight is 404 g/mol. The van der Waals surface area contributed by atoms with Crippen molar-refractivity contribution in [1.29, 1.82) is 0 Å². The summed E-state index contributed by atoms with van der Waals surface area (Å²) >= 11 is 0. The maximum Gasteiger partial charge on any atom is 0.188 e. The van der Waals surface area contributed by atoms with Gasteiger partial charge in [0, 0.05) is 32.6 Å². The molecule has 7 nitrogen and oxygen atoms in total. The number of ether oxygens (including phenoxy) is 6. The fraction of sp³-hybridized carbons (Fsp3) is 0.409. The van der Waals surface area contributed by atoms with Gasteiger partial charge in [0.25, 0.3) is 0 Å². The number of hydrogen-bond acceptors (Lipinski definition) is 7. The van der Waals surface area contributed by atoms with Crippen molar-refractivity contribution in [2.45, 2.75) is 19.3 Å². The maximum atomic E-state index is 12.7. The number of aryl methyl sites for hydroxylation is 1. The van der Waals surface area contributed by atoms with Gasteiger partial charge in [-0.05, 0) is 24.1 Å². The fourth-order valence-electron chi connectivity index (χ4n) is 2.92. The lowest BCUT2D eigenvalue weighted by Gasteiger charge is -2.15. The highest BCUT2D eigenvalue weighted by Crippen LogP contribution is 2.33. The molecule has 0 bridgehead atoms. The summed E-state index contributed by atoms with van der Waals surface area (Å²) in [6.07, 6.45) is 1.10. The third-order valence-electron chi connectivity index (χ3n) is 4.26. The van der Waals surface area contributed by atoms with Gasteiger partial charge in [0.05, 0.1) is 14.2 Å². The van der Waals surface area contributed by atoms with Gasteiger partial charge in [-0.3, -0.25) is 4.79 Å². The van der Waals surface area contributed by atoms with Gasteiger partial charge in [-0.1, -0.05) is 24.3 Å². The Morgan fingerprint density at radius 2 is 1.28 bits per heavy atom. The molecule has 0 heterocycles. The standard InChI is InChI=1S/C22H28O7/c1-24-14-28-21-16(7-5-9-19(21)26-3)11-12-18(23)13-17-8-6-10-20(27-4)22(17)29-15-25-2/h5-10H,11-15H2,1-4H3. The monoisotopic (exact) mass is 404 g/mol. The quantitative estimate of drug-likeness (QED) is 0.474. The van der Waals surface area contributed by atoms with Crippen molar-refractivity contribution < 1.29 is 33.2 Å². The highest BCUT2D eigenvalue weighted by atomic mass is 16.7. The van der Waals surface area contributed by atoms with Gasteiger partial charge in [0.15, 0.2) is 36.6 Å². The molecule has 0 fully saturated rings. The molecule has 0 unspecified atom stereocenters. The Hall–Kier alpha value is -2.77. The minimum absolute atomic E-state index is 0.0704. The predicted molar refractivity (Wildman–Crippen MR) is 108 cm³/mol. The van der Waals surface area contributed by atoms with Gasteiger partial charge in [-0.15, -0.1) is 0 Å². The Balaban J connectivity index is 2.09. The number of carbonyl (C=O) groups is 1. The molecule has 0 aromatic heterocycles. The van der Waals surface area contributed by atoms with Crippen LogP contribution in [0.2, 0.25) is 0 Å². The molecule has 0 radical (unpaired) electrons. The molecule has 7 heteroatoms. The molecule has 2 rings (SSSR count). The number of carbonyl (C=O) groups excluding carboxylic acids is 1. The molecule has 2 aromatic carbocycles. The van der Waals surface area contributed by atoms with Crippen LogP contribution in [0.15, 0.2) is 36.4 Å². The highest BCUT2D eigenvalue weighted by molar-refractivity contribution is 5.82. The third kappa shape index (κ3) is 6.37. The number of hydrogen-bond donors (Lipinski definition) is 0. The Morgan fingerprint density at radius 1 is 0.759 bits per heavy atom. The van der Waals surface area contributed by atoms with Crippen LogP contribution in [0.5, 0.6) is 23.0 Å². The SMILES string of the molecule is COCOc1c(CCC(=O)Cc2cccc(OC)c2OCOC)cccc1OC. The summed E-state index contributed by atoms with van der Waals surface area (Å²) in [5.74, 6) is 2.36. The molecule has 0 aliphatic carbocycles. The normalized spacial score (nSPS) is 10.5. The van der Waals surface area contributed by atoms with E-state index in [-0.39, 0.29) is 25.8 Å². The van der Waals surface area contributed by atoms with Crippen LogP contribution in [-0.2, 0) is 27.1 Å². The zero-order valence-corrected chi connectivity index (χ0v) is 17.4. The van der Waals surface area contributed by atoms with Crippen LogP contribution in [0.25, 0.3) is 0 Å². The van der Waals surface area contributed by atoms with Crippen molar-refractivity contribution in [1.82, 2.24) is 0 Å². The topological polar surface area (TPSA) is 72.5 Å². The molecule has 0 N–H and O–H groups in total. The zero-order chi connectivity index (χ0) is 21.1. The molecule has 0 saturated heterocycles. The first-order valence-corrected chi connectivity index (χ1v) is 9.21. The van der Waals surface area contributed by atoms with E-state index < -0.39 is 0 Å². The Kier molecular flexibility index (Phi) is 9.27. The molecule has 0 aliphatic heterocycles. The van der Waals surface area contributed by atoms with E-state index in [1.165, 1.54) is 7.11 Å². The molecule has 0 saturated carbocycles. The zero-order valence-electron chi connectivity index (χ0n) is 17.4. The summed E-state index contributed by atoms with van der Waals surface area (Å²) in [7, 11) is 6.23. The van der Waals surface area contributed by atoms with E-state index in [0.717, 1.165) is 11.1 Å². The second-order valence-electron chi connectivity index (χ2n) is 6.21. The second-order valence-corrected chi connectivity index (χ2v) is 6.21. The summed E-state index contributed by atoms with van der Waals surface area (Å²) in [5, 5.41) is 0. The molecule has 158 valence electrons. The fourth-order valence-corrected chi connectivity index (χ4v) is 2.92. The van der Waals surface area contributed by atoms with E-state index >= 15 is 0 Å². The summed E-state index contributed by atoms with van der Waals surface area (Å²) in [6.45, 7) is 0.177. The lowest BCUT2D eigenvalue weighted by Crippen LogP contribution is -2.09. The maximum absolute atomic E-state index is 12.7. The van der Waals surface area contributed by atoms with E-state index in [4.69, 9.17) is 28.4 Å². The van der Waals surface area contributed by atoms with Crippen molar-refractivity contribution in [3.05, 3.63) is 47.5 Å². The minimum Gasteiger partial charge on any atom is -0.493 e. The van der Waals surface area contributed by atoms with Gasteiger partial charge in [0.1, 0.15) is 5.78 Å².